The molecule has 0 aliphatic heterocycles. The van der Waals surface area contributed by atoms with Crippen LogP contribution in [0.15, 0.2) is 40.3 Å². The highest BCUT2D eigenvalue weighted by molar-refractivity contribution is 8.00. The van der Waals surface area contributed by atoms with Crippen molar-refractivity contribution >= 4 is 17.7 Å². The third-order valence-electron chi connectivity index (χ3n) is 4.69. The average molecular weight is 402 g/mol. The number of thioether (sulfide) groups is 1. The van der Waals surface area contributed by atoms with Gasteiger partial charge < -0.3 is 5.32 Å². The van der Waals surface area contributed by atoms with Crippen LogP contribution in [0.4, 0.5) is 0 Å². The summed E-state index contributed by atoms with van der Waals surface area (Å²) in [6, 6.07) is 9.93. The highest BCUT2D eigenvalue weighted by Crippen LogP contribution is 2.25. The van der Waals surface area contributed by atoms with Crippen LogP contribution >= 0.6 is 11.8 Å². The van der Waals surface area contributed by atoms with Gasteiger partial charge in [-0.2, -0.15) is 0 Å². The van der Waals surface area contributed by atoms with Crippen LogP contribution in [0.5, 0.6) is 0 Å². The van der Waals surface area contributed by atoms with E-state index in [2.05, 4.69) is 24.1 Å². The summed E-state index contributed by atoms with van der Waals surface area (Å²) >= 11 is 1.39. The molecule has 0 aliphatic rings. The number of aryl methyl sites for hydroxylation is 1. The molecule has 2 aromatic rings. The van der Waals surface area contributed by atoms with Crippen molar-refractivity contribution in [1.82, 2.24) is 14.9 Å². The number of hydrogen-bond acceptors (Lipinski definition) is 4. The molecule has 1 aromatic carbocycles. The maximum Gasteiger partial charge on any atom is 0.257 e. The van der Waals surface area contributed by atoms with Crippen LogP contribution in [-0.2, 0) is 18.3 Å². The molecule has 28 heavy (non-hydrogen) atoms. The van der Waals surface area contributed by atoms with Crippen molar-refractivity contribution in [3.8, 4) is 0 Å². The van der Waals surface area contributed by atoms with E-state index >= 15 is 0 Å². The molecule has 0 saturated carbocycles. The van der Waals surface area contributed by atoms with Crippen molar-refractivity contribution in [2.45, 2.75) is 63.3 Å². The zero-order chi connectivity index (χ0) is 20.5. The van der Waals surface area contributed by atoms with Crippen LogP contribution in [0.25, 0.3) is 0 Å². The second-order valence-electron chi connectivity index (χ2n) is 7.02. The monoisotopic (exact) mass is 401 g/mol. The van der Waals surface area contributed by atoms with Gasteiger partial charge in [0.15, 0.2) is 5.16 Å². The summed E-state index contributed by atoms with van der Waals surface area (Å²) < 4.78 is 1.58. The Balaban J connectivity index is 2.22. The minimum atomic E-state index is -0.237. The van der Waals surface area contributed by atoms with E-state index < -0.39 is 0 Å². The third-order valence-corrected chi connectivity index (χ3v) is 6.00. The van der Waals surface area contributed by atoms with Crippen molar-refractivity contribution in [3.63, 3.8) is 0 Å². The van der Waals surface area contributed by atoms with Gasteiger partial charge in [-0.05, 0) is 25.3 Å². The first-order valence-corrected chi connectivity index (χ1v) is 10.9. The number of nitrogens with zero attached hydrogens (tertiary/aromatic N) is 2. The summed E-state index contributed by atoms with van der Waals surface area (Å²) in [6.45, 7) is 6.73. The zero-order valence-corrected chi connectivity index (χ0v) is 18.1. The Kier molecular flexibility index (Phi) is 8.77. The van der Waals surface area contributed by atoms with E-state index in [1.54, 1.807) is 11.6 Å². The fraction of sp³-hybridized carbons (Fsp3) is 0.500. The SMILES string of the molecule is CCCCNC(=O)C(CCC)Sc1nc(C)c(Cc2ccccc2)c(=O)n1C. The van der Waals surface area contributed by atoms with Gasteiger partial charge in [0.25, 0.3) is 5.56 Å². The lowest BCUT2D eigenvalue weighted by atomic mass is 10.1. The summed E-state index contributed by atoms with van der Waals surface area (Å²) in [5, 5.41) is 3.37. The van der Waals surface area contributed by atoms with Crippen molar-refractivity contribution in [3.05, 3.63) is 57.5 Å². The lowest BCUT2D eigenvalue weighted by Gasteiger charge is -2.18. The number of amides is 1. The molecule has 5 nitrogen and oxygen atoms in total. The van der Waals surface area contributed by atoms with Gasteiger partial charge in [0, 0.05) is 31.3 Å². The Morgan fingerprint density at radius 3 is 2.57 bits per heavy atom. The predicted octanol–water partition coefficient (Wildman–Crippen LogP) is 3.86. The van der Waals surface area contributed by atoms with Crippen LogP contribution in [-0.4, -0.2) is 27.3 Å². The second kappa shape index (κ2) is 11.1. The number of aromatic nitrogens is 2. The summed E-state index contributed by atoms with van der Waals surface area (Å²) in [5.74, 6) is 0.0283. The first kappa shape index (κ1) is 22.2. The van der Waals surface area contributed by atoms with Crippen molar-refractivity contribution in [2.75, 3.05) is 6.54 Å². The van der Waals surface area contributed by atoms with Crippen LogP contribution < -0.4 is 10.9 Å². The Hall–Kier alpha value is -2.08. The largest absolute Gasteiger partial charge is 0.355 e. The highest BCUT2D eigenvalue weighted by Gasteiger charge is 2.22. The van der Waals surface area contributed by atoms with Crippen molar-refractivity contribution in [2.24, 2.45) is 7.05 Å². The molecule has 0 fully saturated rings. The van der Waals surface area contributed by atoms with Gasteiger partial charge in [0.1, 0.15) is 0 Å². The van der Waals surface area contributed by atoms with E-state index in [-0.39, 0.29) is 16.7 Å². The molecule has 0 bridgehead atoms. The summed E-state index contributed by atoms with van der Waals surface area (Å²) in [5.41, 5.74) is 2.48. The molecule has 0 radical (unpaired) electrons. The van der Waals surface area contributed by atoms with Crippen LogP contribution in [0.1, 0.15) is 56.4 Å². The first-order chi connectivity index (χ1) is 13.5. The zero-order valence-electron chi connectivity index (χ0n) is 17.3. The van der Waals surface area contributed by atoms with E-state index in [4.69, 9.17) is 0 Å². The molecule has 1 heterocycles. The molecule has 152 valence electrons. The summed E-state index contributed by atoms with van der Waals surface area (Å²) in [7, 11) is 1.74. The molecule has 6 heteroatoms. The molecule has 0 spiro atoms. The summed E-state index contributed by atoms with van der Waals surface area (Å²) in [4.78, 5) is 30.2. The van der Waals surface area contributed by atoms with Crippen LogP contribution in [0, 0.1) is 6.92 Å². The minimum Gasteiger partial charge on any atom is -0.355 e. The molecular weight excluding hydrogens is 370 g/mol. The average Bonchev–Trinajstić information content (AvgIpc) is 2.69. The fourth-order valence-electron chi connectivity index (χ4n) is 2.97. The van der Waals surface area contributed by atoms with Crippen molar-refractivity contribution < 1.29 is 4.79 Å². The predicted molar refractivity (Wildman–Crippen MR) is 116 cm³/mol. The van der Waals surface area contributed by atoms with E-state index in [1.807, 2.05) is 37.3 Å². The molecule has 1 atom stereocenters. The second-order valence-corrected chi connectivity index (χ2v) is 8.19. The Morgan fingerprint density at radius 2 is 1.93 bits per heavy atom. The molecule has 0 aliphatic carbocycles. The Labute approximate surface area is 172 Å². The Morgan fingerprint density at radius 1 is 1.21 bits per heavy atom. The van der Waals surface area contributed by atoms with Gasteiger partial charge in [-0.25, -0.2) is 4.98 Å². The van der Waals surface area contributed by atoms with E-state index in [9.17, 15) is 9.59 Å². The van der Waals surface area contributed by atoms with Crippen LogP contribution in [0.2, 0.25) is 0 Å². The lowest BCUT2D eigenvalue weighted by molar-refractivity contribution is -0.120. The van der Waals surface area contributed by atoms with Gasteiger partial charge in [0.2, 0.25) is 5.91 Å². The van der Waals surface area contributed by atoms with E-state index in [0.717, 1.165) is 36.9 Å². The molecule has 0 saturated heterocycles. The quantitative estimate of drug-likeness (QED) is 0.373. The van der Waals surface area contributed by atoms with Crippen LogP contribution in [0.3, 0.4) is 0 Å². The number of carbonyl (C=O) groups is 1. The number of unbranched alkanes of at least 4 members (excludes halogenated alkanes) is 1. The Bertz CT molecular complexity index is 834. The summed E-state index contributed by atoms with van der Waals surface area (Å²) in [6.07, 6.45) is 4.23. The number of rotatable bonds is 10. The number of nitrogens with one attached hydrogen (secondary N) is 1. The number of carbonyl (C=O) groups excluding carboxylic acids is 1. The van der Waals surface area contributed by atoms with E-state index in [1.165, 1.54) is 11.8 Å². The molecule has 1 unspecified atom stereocenters. The van der Waals surface area contributed by atoms with Gasteiger partial charge in [-0.3, -0.25) is 14.2 Å². The topological polar surface area (TPSA) is 64.0 Å². The van der Waals surface area contributed by atoms with Gasteiger partial charge in [-0.1, -0.05) is 68.8 Å². The molecule has 2 rings (SSSR count). The van der Waals surface area contributed by atoms with E-state index in [0.29, 0.717) is 23.7 Å². The van der Waals surface area contributed by atoms with Gasteiger partial charge in [0.05, 0.1) is 5.25 Å². The molecule has 1 amide bonds. The lowest BCUT2D eigenvalue weighted by Crippen LogP contribution is -2.34. The smallest absolute Gasteiger partial charge is 0.257 e. The third kappa shape index (κ3) is 5.96. The van der Waals surface area contributed by atoms with Gasteiger partial charge in [-0.15, -0.1) is 0 Å². The number of benzene rings is 1. The molecule has 1 N–H and O–H groups in total. The normalized spacial score (nSPS) is 12.0. The molecular formula is C22H31N3O2S. The maximum atomic E-state index is 12.9. The highest BCUT2D eigenvalue weighted by atomic mass is 32.2. The first-order valence-electron chi connectivity index (χ1n) is 10.0. The standard InChI is InChI=1S/C22H31N3O2S/c1-5-7-14-23-20(26)19(11-6-2)28-22-24-16(3)18(21(27)25(22)4)15-17-12-9-8-10-13-17/h8-10,12-13,19H,5-7,11,14-15H2,1-4H3,(H,23,26). The molecule has 1 aromatic heterocycles. The maximum absolute atomic E-state index is 12.9. The van der Waals surface area contributed by atoms with Gasteiger partial charge >= 0.3 is 0 Å². The number of hydrogen-bond donors (Lipinski definition) is 1. The fourth-order valence-corrected chi connectivity index (χ4v) is 4.20. The van der Waals surface area contributed by atoms with Crippen molar-refractivity contribution in [1.29, 1.82) is 0 Å². The minimum absolute atomic E-state index is 0.0283.